The van der Waals surface area contributed by atoms with E-state index in [1.54, 1.807) is 0 Å². The van der Waals surface area contributed by atoms with E-state index >= 15 is 0 Å². The summed E-state index contributed by atoms with van der Waals surface area (Å²) in [5.74, 6) is 3.72. The van der Waals surface area contributed by atoms with Gasteiger partial charge in [0.2, 0.25) is 0 Å². The third-order valence-electron chi connectivity index (χ3n) is 7.29. The Morgan fingerprint density at radius 2 is 1.23 bits per heavy atom. The number of rotatable bonds is 13. The van der Waals surface area contributed by atoms with Crippen molar-refractivity contribution in [3.8, 4) is 0 Å². The van der Waals surface area contributed by atoms with Crippen LogP contribution in [0.25, 0.3) is 0 Å². The summed E-state index contributed by atoms with van der Waals surface area (Å²) >= 11 is 0. The molecule has 0 amide bonds. The first-order valence-electron chi connectivity index (χ1n) is 11.7. The molecule has 0 spiro atoms. The molecule has 26 heavy (non-hydrogen) atoms. The van der Waals surface area contributed by atoms with E-state index in [1.807, 2.05) is 0 Å². The fourth-order valence-electron chi connectivity index (χ4n) is 6.00. The van der Waals surface area contributed by atoms with Crippen LogP contribution >= 0.6 is 0 Å². The third-order valence-corrected chi connectivity index (χ3v) is 10.7. The van der Waals surface area contributed by atoms with Crippen molar-refractivity contribution in [3.63, 3.8) is 0 Å². The highest BCUT2D eigenvalue weighted by molar-refractivity contribution is 6.62. The summed E-state index contributed by atoms with van der Waals surface area (Å²) in [5, 5.41) is 0. The molecule has 0 aromatic heterocycles. The lowest BCUT2D eigenvalue weighted by atomic mass is 9.81. The lowest BCUT2D eigenvalue weighted by Crippen LogP contribution is -2.53. The van der Waals surface area contributed by atoms with E-state index in [0.717, 1.165) is 62.8 Å². The van der Waals surface area contributed by atoms with Crippen molar-refractivity contribution in [2.24, 2.45) is 23.7 Å². The lowest BCUT2D eigenvalue weighted by molar-refractivity contribution is 0.0340. The molecule has 0 N–H and O–H groups in total. The quantitative estimate of drug-likeness (QED) is 0.280. The van der Waals surface area contributed by atoms with Crippen LogP contribution in [0.15, 0.2) is 0 Å². The van der Waals surface area contributed by atoms with Crippen molar-refractivity contribution in [1.82, 2.24) is 0 Å². The fourth-order valence-corrected chi connectivity index (χ4v) is 9.67. The number of fused-ring (bicyclic) bond motifs is 5. The zero-order chi connectivity index (χ0) is 18.4. The molecule has 0 saturated heterocycles. The smallest absolute Gasteiger partial charge is 0.373 e. The molecule has 3 saturated carbocycles. The molecule has 0 heterocycles. The lowest BCUT2D eigenvalue weighted by Gasteiger charge is -2.41. The summed E-state index contributed by atoms with van der Waals surface area (Å²) in [6, 6.07) is 0. The molecule has 4 heteroatoms. The molecule has 3 fully saturated rings. The van der Waals surface area contributed by atoms with Gasteiger partial charge in [0, 0.05) is 25.4 Å². The molecular weight excluding hydrogens is 340 g/mol. The zero-order valence-electron chi connectivity index (χ0n) is 17.5. The molecule has 3 aliphatic carbocycles. The van der Waals surface area contributed by atoms with Crippen molar-refractivity contribution in [3.05, 3.63) is 0 Å². The van der Waals surface area contributed by atoms with Crippen LogP contribution in [0.2, 0.25) is 5.54 Å². The van der Waals surface area contributed by atoms with Gasteiger partial charge in [-0.1, -0.05) is 46.5 Å². The SMILES string of the molecule is CCCCO[Si](OCCCC)(OCCCC)C1CC2CC1C1CCCC21. The van der Waals surface area contributed by atoms with Crippen LogP contribution in [-0.2, 0) is 13.3 Å². The molecule has 0 radical (unpaired) electrons. The van der Waals surface area contributed by atoms with Gasteiger partial charge in [-0.25, -0.2) is 0 Å². The Balaban J connectivity index is 1.74. The first-order valence-corrected chi connectivity index (χ1v) is 13.5. The predicted molar refractivity (Wildman–Crippen MR) is 109 cm³/mol. The molecule has 2 bridgehead atoms. The van der Waals surface area contributed by atoms with E-state index in [0.29, 0.717) is 5.54 Å². The number of hydrogen-bond donors (Lipinski definition) is 0. The van der Waals surface area contributed by atoms with Crippen LogP contribution in [0, 0.1) is 23.7 Å². The van der Waals surface area contributed by atoms with Gasteiger partial charge in [0.1, 0.15) is 0 Å². The second kappa shape index (κ2) is 10.0. The van der Waals surface area contributed by atoms with Gasteiger partial charge in [-0.3, -0.25) is 0 Å². The second-order valence-electron chi connectivity index (χ2n) is 8.97. The molecule has 5 unspecified atom stereocenters. The van der Waals surface area contributed by atoms with Crippen molar-refractivity contribution in [2.75, 3.05) is 19.8 Å². The standard InChI is InChI=1S/C22H42O3Si/c1-4-7-13-23-26(24-14-8-5-2,25-15-9-6-3)22-17-18-16-21(22)20-12-10-11-19(18)20/h18-22H,4-17H2,1-3H3. The molecule has 152 valence electrons. The molecule has 3 nitrogen and oxygen atoms in total. The number of unbranched alkanes of at least 4 members (excludes halogenated alkanes) is 3. The first-order chi connectivity index (χ1) is 12.8. The summed E-state index contributed by atoms with van der Waals surface area (Å²) in [6.45, 7) is 9.18. The summed E-state index contributed by atoms with van der Waals surface area (Å²) < 4.78 is 19.9. The molecule has 3 aliphatic rings. The second-order valence-corrected chi connectivity index (χ2v) is 11.8. The van der Waals surface area contributed by atoms with E-state index in [-0.39, 0.29) is 0 Å². The molecule has 5 atom stereocenters. The monoisotopic (exact) mass is 382 g/mol. The van der Waals surface area contributed by atoms with Crippen molar-refractivity contribution < 1.29 is 13.3 Å². The Labute approximate surface area is 162 Å². The van der Waals surface area contributed by atoms with Crippen molar-refractivity contribution >= 4 is 8.80 Å². The fraction of sp³-hybridized carbons (Fsp3) is 1.00. The average Bonchev–Trinajstić information content (AvgIpc) is 3.35. The summed E-state index contributed by atoms with van der Waals surface area (Å²) in [4.78, 5) is 0. The molecule has 3 rings (SSSR count). The Bertz CT molecular complexity index is 390. The third kappa shape index (κ3) is 4.39. The zero-order valence-corrected chi connectivity index (χ0v) is 18.5. The van der Waals surface area contributed by atoms with Gasteiger partial charge < -0.3 is 13.3 Å². The van der Waals surface area contributed by atoms with Gasteiger partial charge >= 0.3 is 8.80 Å². The molecule has 0 aliphatic heterocycles. The van der Waals surface area contributed by atoms with Gasteiger partial charge in [-0.15, -0.1) is 0 Å². The van der Waals surface area contributed by atoms with E-state index in [2.05, 4.69) is 20.8 Å². The van der Waals surface area contributed by atoms with E-state index in [4.69, 9.17) is 13.3 Å². The van der Waals surface area contributed by atoms with Crippen LogP contribution < -0.4 is 0 Å². The Morgan fingerprint density at radius 3 is 1.77 bits per heavy atom. The largest absolute Gasteiger partial charge is 0.504 e. The normalized spacial score (nSPS) is 33.1. The van der Waals surface area contributed by atoms with E-state index in [9.17, 15) is 0 Å². The van der Waals surface area contributed by atoms with Crippen LogP contribution in [0.1, 0.15) is 91.4 Å². The van der Waals surface area contributed by atoms with Gasteiger partial charge in [-0.05, 0) is 68.6 Å². The summed E-state index contributed by atoms with van der Waals surface area (Å²) in [6.07, 6.45) is 14.0. The minimum atomic E-state index is -2.59. The highest BCUT2D eigenvalue weighted by Gasteiger charge is 2.64. The Hall–Kier alpha value is 0.0969. The van der Waals surface area contributed by atoms with Gasteiger partial charge in [0.15, 0.2) is 0 Å². The van der Waals surface area contributed by atoms with Crippen LogP contribution in [-0.4, -0.2) is 28.6 Å². The minimum absolute atomic E-state index is 0.581. The van der Waals surface area contributed by atoms with E-state index in [1.165, 1.54) is 51.4 Å². The van der Waals surface area contributed by atoms with Gasteiger partial charge in [0.25, 0.3) is 0 Å². The molecular formula is C22H42O3Si. The van der Waals surface area contributed by atoms with Crippen LogP contribution in [0.4, 0.5) is 0 Å². The molecule has 0 aromatic rings. The first kappa shape index (κ1) is 20.8. The van der Waals surface area contributed by atoms with Gasteiger partial charge in [0.05, 0.1) is 0 Å². The Morgan fingerprint density at radius 1 is 0.692 bits per heavy atom. The maximum Gasteiger partial charge on any atom is 0.504 e. The highest BCUT2D eigenvalue weighted by Crippen LogP contribution is 2.65. The van der Waals surface area contributed by atoms with Crippen LogP contribution in [0.5, 0.6) is 0 Å². The minimum Gasteiger partial charge on any atom is -0.373 e. The molecule has 0 aromatic carbocycles. The van der Waals surface area contributed by atoms with E-state index < -0.39 is 8.80 Å². The summed E-state index contributed by atoms with van der Waals surface area (Å²) in [5.41, 5.74) is 0.581. The maximum atomic E-state index is 6.64. The predicted octanol–water partition coefficient (Wildman–Crippen LogP) is 6.20. The highest BCUT2D eigenvalue weighted by atomic mass is 28.4. The van der Waals surface area contributed by atoms with Gasteiger partial charge in [-0.2, -0.15) is 0 Å². The number of hydrogen-bond acceptors (Lipinski definition) is 3. The topological polar surface area (TPSA) is 27.7 Å². The van der Waals surface area contributed by atoms with Crippen LogP contribution in [0.3, 0.4) is 0 Å². The maximum absolute atomic E-state index is 6.64. The Kier molecular flexibility index (Phi) is 8.04. The van der Waals surface area contributed by atoms with Crippen molar-refractivity contribution in [1.29, 1.82) is 0 Å². The summed E-state index contributed by atoms with van der Waals surface area (Å²) in [7, 11) is -2.59. The van der Waals surface area contributed by atoms with Crippen molar-refractivity contribution in [2.45, 2.75) is 96.9 Å². The average molecular weight is 383 g/mol.